The maximum absolute atomic E-state index is 11.5. The van der Waals surface area contributed by atoms with E-state index < -0.39 is 5.63 Å². The Kier molecular flexibility index (Phi) is 5.97. The Bertz CT molecular complexity index is 680. The van der Waals surface area contributed by atoms with Crippen molar-refractivity contribution in [3.05, 3.63) is 40.8 Å². The van der Waals surface area contributed by atoms with Crippen molar-refractivity contribution >= 4 is 16.9 Å². The first kappa shape index (κ1) is 16.0. The van der Waals surface area contributed by atoms with Crippen molar-refractivity contribution in [1.82, 2.24) is 5.48 Å². The summed E-state index contributed by atoms with van der Waals surface area (Å²) in [7, 11) is 0. The molecule has 0 bridgehead atoms. The maximum atomic E-state index is 11.5. The van der Waals surface area contributed by atoms with E-state index in [1.807, 2.05) is 12.1 Å². The van der Waals surface area contributed by atoms with E-state index in [1.54, 1.807) is 17.6 Å². The SMILES string of the molecule is O=C(CCCCCCOc1cc(=O)oc2ccccc12)NO. The van der Waals surface area contributed by atoms with E-state index in [0.29, 0.717) is 24.4 Å². The van der Waals surface area contributed by atoms with Gasteiger partial charge in [0.15, 0.2) is 0 Å². The molecule has 0 unspecified atom stereocenters. The van der Waals surface area contributed by atoms with E-state index in [0.717, 1.165) is 31.1 Å². The minimum atomic E-state index is -0.427. The Labute approximate surface area is 127 Å². The minimum Gasteiger partial charge on any atom is -0.493 e. The van der Waals surface area contributed by atoms with Gasteiger partial charge in [0.1, 0.15) is 11.3 Å². The largest absolute Gasteiger partial charge is 0.493 e. The summed E-state index contributed by atoms with van der Waals surface area (Å²) in [5, 5.41) is 9.14. The van der Waals surface area contributed by atoms with Gasteiger partial charge in [0, 0.05) is 6.42 Å². The van der Waals surface area contributed by atoms with Crippen molar-refractivity contribution < 1.29 is 19.2 Å². The van der Waals surface area contributed by atoms with Crippen LogP contribution in [0.3, 0.4) is 0 Å². The topological polar surface area (TPSA) is 88.8 Å². The average molecular weight is 305 g/mol. The van der Waals surface area contributed by atoms with Gasteiger partial charge in [-0.2, -0.15) is 0 Å². The monoisotopic (exact) mass is 305 g/mol. The van der Waals surface area contributed by atoms with Gasteiger partial charge in [-0.3, -0.25) is 10.0 Å². The van der Waals surface area contributed by atoms with Crippen molar-refractivity contribution in [3.8, 4) is 5.75 Å². The Morgan fingerprint density at radius 3 is 2.77 bits per heavy atom. The second-order valence-corrected chi connectivity index (χ2v) is 4.97. The molecule has 0 saturated heterocycles. The number of para-hydroxylation sites is 1. The molecule has 2 aromatic rings. The summed E-state index contributed by atoms with van der Waals surface area (Å²) in [6.45, 7) is 0.500. The molecule has 2 rings (SSSR count). The van der Waals surface area contributed by atoms with Crippen LogP contribution in [0.1, 0.15) is 32.1 Å². The van der Waals surface area contributed by atoms with E-state index in [4.69, 9.17) is 14.4 Å². The zero-order valence-electron chi connectivity index (χ0n) is 12.2. The third kappa shape index (κ3) is 4.60. The molecule has 0 spiro atoms. The molecule has 1 aromatic carbocycles. The van der Waals surface area contributed by atoms with Crippen molar-refractivity contribution in [2.45, 2.75) is 32.1 Å². The second-order valence-electron chi connectivity index (χ2n) is 4.97. The molecule has 0 aliphatic heterocycles. The van der Waals surface area contributed by atoms with Crippen LogP contribution in [0.25, 0.3) is 11.0 Å². The van der Waals surface area contributed by atoms with Gasteiger partial charge in [0.25, 0.3) is 0 Å². The maximum Gasteiger partial charge on any atom is 0.339 e. The van der Waals surface area contributed by atoms with Gasteiger partial charge < -0.3 is 9.15 Å². The van der Waals surface area contributed by atoms with E-state index in [2.05, 4.69) is 0 Å². The molecule has 6 nitrogen and oxygen atoms in total. The van der Waals surface area contributed by atoms with Gasteiger partial charge in [-0.05, 0) is 25.0 Å². The number of hydroxylamine groups is 1. The summed E-state index contributed by atoms with van der Waals surface area (Å²) in [6, 6.07) is 8.60. The second kappa shape index (κ2) is 8.19. The average Bonchev–Trinajstić information content (AvgIpc) is 2.53. The van der Waals surface area contributed by atoms with Crippen molar-refractivity contribution in [3.63, 3.8) is 0 Å². The van der Waals surface area contributed by atoms with Crippen LogP contribution in [-0.4, -0.2) is 17.7 Å². The van der Waals surface area contributed by atoms with E-state index in [1.165, 1.54) is 6.07 Å². The predicted molar refractivity (Wildman–Crippen MR) is 81.0 cm³/mol. The van der Waals surface area contributed by atoms with E-state index in [9.17, 15) is 9.59 Å². The Morgan fingerprint density at radius 2 is 1.95 bits per heavy atom. The van der Waals surface area contributed by atoms with Crippen LogP contribution in [0.15, 0.2) is 39.5 Å². The highest BCUT2D eigenvalue weighted by Gasteiger charge is 2.05. The summed E-state index contributed by atoms with van der Waals surface area (Å²) >= 11 is 0. The minimum absolute atomic E-state index is 0.321. The standard InChI is InChI=1S/C16H19NO5/c18-15(17-20)9-3-1-2-6-10-21-14-11-16(19)22-13-8-5-4-7-12(13)14/h4-5,7-8,11,20H,1-3,6,9-10H2,(H,17,18). The van der Waals surface area contributed by atoms with Crippen LogP contribution < -0.4 is 15.8 Å². The molecule has 118 valence electrons. The highest BCUT2D eigenvalue weighted by Crippen LogP contribution is 2.23. The molecule has 0 radical (unpaired) electrons. The van der Waals surface area contributed by atoms with Crippen molar-refractivity contribution in [2.75, 3.05) is 6.61 Å². The lowest BCUT2D eigenvalue weighted by molar-refractivity contribution is -0.129. The molecule has 0 aliphatic carbocycles. The Morgan fingerprint density at radius 1 is 1.18 bits per heavy atom. The van der Waals surface area contributed by atoms with Crippen molar-refractivity contribution in [2.24, 2.45) is 0 Å². The number of hydrogen-bond acceptors (Lipinski definition) is 5. The van der Waals surface area contributed by atoms with Crippen LogP contribution in [0.4, 0.5) is 0 Å². The molecule has 0 aliphatic rings. The lowest BCUT2D eigenvalue weighted by Crippen LogP contribution is -2.17. The lowest BCUT2D eigenvalue weighted by atomic mass is 10.1. The highest BCUT2D eigenvalue weighted by molar-refractivity contribution is 5.82. The fourth-order valence-electron chi connectivity index (χ4n) is 2.18. The molecular weight excluding hydrogens is 286 g/mol. The Balaban J connectivity index is 1.78. The number of nitrogens with one attached hydrogen (secondary N) is 1. The molecule has 1 amide bonds. The number of carbonyl (C=O) groups excluding carboxylic acids is 1. The molecule has 6 heteroatoms. The molecule has 0 fully saturated rings. The summed E-state index contributed by atoms with van der Waals surface area (Å²) in [6.07, 6.45) is 3.67. The van der Waals surface area contributed by atoms with Crippen molar-refractivity contribution in [1.29, 1.82) is 0 Å². The first-order chi connectivity index (χ1) is 10.7. The summed E-state index contributed by atoms with van der Waals surface area (Å²) in [5.74, 6) is 0.172. The summed E-state index contributed by atoms with van der Waals surface area (Å²) in [5.41, 5.74) is 1.70. The molecule has 2 N–H and O–H groups in total. The predicted octanol–water partition coefficient (Wildman–Crippen LogP) is 2.63. The smallest absolute Gasteiger partial charge is 0.339 e. The fourth-order valence-corrected chi connectivity index (χ4v) is 2.18. The number of amides is 1. The van der Waals surface area contributed by atoms with Gasteiger partial charge in [0.2, 0.25) is 5.91 Å². The number of benzene rings is 1. The van der Waals surface area contributed by atoms with Gasteiger partial charge in [-0.1, -0.05) is 25.0 Å². The zero-order valence-corrected chi connectivity index (χ0v) is 12.2. The number of carbonyl (C=O) groups is 1. The molecule has 0 atom stereocenters. The number of ether oxygens (including phenoxy) is 1. The van der Waals surface area contributed by atoms with Gasteiger partial charge in [-0.15, -0.1) is 0 Å². The number of hydrogen-bond donors (Lipinski definition) is 2. The van der Waals surface area contributed by atoms with Crippen LogP contribution >= 0.6 is 0 Å². The van der Waals surface area contributed by atoms with Crippen LogP contribution in [-0.2, 0) is 4.79 Å². The number of fused-ring (bicyclic) bond motifs is 1. The lowest BCUT2D eigenvalue weighted by Gasteiger charge is -2.08. The van der Waals surface area contributed by atoms with Crippen LogP contribution in [0.5, 0.6) is 5.75 Å². The van der Waals surface area contributed by atoms with Gasteiger partial charge >= 0.3 is 5.63 Å². The Hall–Kier alpha value is -2.34. The molecule has 1 aromatic heterocycles. The summed E-state index contributed by atoms with van der Waals surface area (Å²) in [4.78, 5) is 22.3. The first-order valence-electron chi connectivity index (χ1n) is 7.29. The van der Waals surface area contributed by atoms with Crippen LogP contribution in [0.2, 0.25) is 0 Å². The zero-order chi connectivity index (χ0) is 15.8. The fraction of sp³-hybridized carbons (Fsp3) is 0.375. The molecule has 1 heterocycles. The summed E-state index contributed by atoms with van der Waals surface area (Å²) < 4.78 is 10.8. The first-order valence-corrected chi connectivity index (χ1v) is 7.29. The number of unbranched alkanes of at least 4 members (excludes halogenated alkanes) is 3. The number of rotatable bonds is 8. The highest BCUT2D eigenvalue weighted by atomic mass is 16.5. The van der Waals surface area contributed by atoms with E-state index >= 15 is 0 Å². The quantitative estimate of drug-likeness (QED) is 0.339. The van der Waals surface area contributed by atoms with E-state index in [-0.39, 0.29) is 5.91 Å². The third-order valence-corrected chi connectivity index (χ3v) is 3.29. The van der Waals surface area contributed by atoms with Gasteiger partial charge in [0.05, 0.1) is 18.1 Å². The molecule has 0 saturated carbocycles. The molecule has 22 heavy (non-hydrogen) atoms. The third-order valence-electron chi connectivity index (χ3n) is 3.29. The van der Waals surface area contributed by atoms with Gasteiger partial charge in [-0.25, -0.2) is 10.3 Å². The van der Waals surface area contributed by atoms with Crippen LogP contribution in [0, 0.1) is 0 Å². The normalized spacial score (nSPS) is 10.6. The molecular formula is C16H19NO5.